The van der Waals surface area contributed by atoms with Crippen LogP contribution >= 0.6 is 11.3 Å². The summed E-state index contributed by atoms with van der Waals surface area (Å²) >= 11 is 1.56. The minimum Gasteiger partial charge on any atom is -0.284 e. The van der Waals surface area contributed by atoms with Crippen molar-refractivity contribution in [3.05, 3.63) is 51.2 Å². The third kappa shape index (κ3) is 5.40. The van der Waals surface area contributed by atoms with Crippen molar-refractivity contribution >= 4 is 38.7 Å². The highest BCUT2D eigenvalue weighted by molar-refractivity contribution is 7.92. The molecule has 2 aromatic rings. The number of hydrogen-bond donors (Lipinski definition) is 2. The van der Waals surface area contributed by atoms with E-state index in [0.717, 1.165) is 24.7 Å². The van der Waals surface area contributed by atoms with Crippen LogP contribution in [0.3, 0.4) is 0 Å². The lowest BCUT2D eigenvalue weighted by atomic mass is 10.1. The van der Waals surface area contributed by atoms with Crippen LogP contribution in [-0.4, -0.2) is 26.3 Å². The van der Waals surface area contributed by atoms with E-state index >= 15 is 0 Å². The number of benzene rings is 1. The number of aryl methyl sites for hydroxylation is 2. The average molecular weight is 406 g/mol. The normalized spacial score (nSPS) is 15.0. The van der Waals surface area contributed by atoms with E-state index in [1.807, 2.05) is 12.1 Å². The predicted octanol–water partition coefficient (Wildman–Crippen LogP) is 3.54. The van der Waals surface area contributed by atoms with Crippen LogP contribution in [0.25, 0.3) is 0 Å². The van der Waals surface area contributed by atoms with Gasteiger partial charge in [-0.05, 0) is 61.9 Å². The minimum atomic E-state index is -3.34. The molecule has 144 valence electrons. The Balaban J connectivity index is 1.70. The molecule has 0 aliphatic heterocycles. The van der Waals surface area contributed by atoms with E-state index in [1.54, 1.807) is 36.5 Å². The Hall–Kier alpha value is -2.19. The molecular weight excluding hydrogens is 382 g/mol. The third-order valence-electron chi connectivity index (χ3n) is 4.38. The number of amides is 1. The number of carbonyl (C=O) groups excluding carboxylic acids is 1. The van der Waals surface area contributed by atoms with Gasteiger partial charge in [0.25, 0.3) is 5.91 Å². The molecule has 0 saturated carbocycles. The van der Waals surface area contributed by atoms with Gasteiger partial charge in [0.15, 0.2) is 0 Å². The monoisotopic (exact) mass is 405 g/mol. The number of nitrogens with zero attached hydrogens (tertiary/aromatic N) is 1. The molecule has 1 aliphatic rings. The van der Waals surface area contributed by atoms with Gasteiger partial charge in [-0.25, -0.2) is 13.8 Å². The van der Waals surface area contributed by atoms with Gasteiger partial charge in [-0.2, -0.15) is 5.10 Å². The van der Waals surface area contributed by atoms with Crippen LogP contribution in [0, 0.1) is 0 Å². The van der Waals surface area contributed by atoms with E-state index in [1.165, 1.54) is 29.7 Å². The summed E-state index contributed by atoms with van der Waals surface area (Å²) in [6.07, 6.45) is 6.81. The number of carbonyl (C=O) groups is 1. The second-order valence-electron chi connectivity index (χ2n) is 6.71. The molecule has 1 aromatic heterocycles. The number of anilines is 1. The molecule has 0 bridgehead atoms. The van der Waals surface area contributed by atoms with Gasteiger partial charge in [0.2, 0.25) is 10.0 Å². The minimum absolute atomic E-state index is 0.210. The van der Waals surface area contributed by atoms with E-state index in [4.69, 9.17) is 0 Å². The molecule has 0 fully saturated rings. The van der Waals surface area contributed by atoms with E-state index < -0.39 is 10.0 Å². The second kappa shape index (κ2) is 8.22. The second-order valence-corrected chi connectivity index (χ2v) is 9.60. The Morgan fingerprint density at radius 2 is 1.93 bits per heavy atom. The maximum atomic E-state index is 12.4. The van der Waals surface area contributed by atoms with Gasteiger partial charge < -0.3 is 0 Å². The molecule has 8 heteroatoms. The standard InChI is InChI=1S/C19H23N3O3S2/c1-13(14-8-6-9-16(11-14)22-27(2,24)25)20-21-19(23)18-12-15-7-4-3-5-10-17(15)26-18/h6,8-9,11-12,22H,3-5,7,10H2,1-2H3,(H,21,23)/b20-13+. The van der Waals surface area contributed by atoms with Gasteiger partial charge in [-0.15, -0.1) is 11.3 Å². The van der Waals surface area contributed by atoms with Crippen LogP contribution in [0.4, 0.5) is 5.69 Å². The summed E-state index contributed by atoms with van der Waals surface area (Å²) in [7, 11) is -3.34. The molecule has 1 aromatic carbocycles. The van der Waals surface area contributed by atoms with Gasteiger partial charge in [0.05, 0.1) is 16.8 Å². The first-order chi connectivity index (χ1) is 12.8. The summed E-state index contributed by atoms with van der Waals surface area (Å²) in [4.78, 5) is 14.4. The Morgan fingerprint density at radius 1 is 1.15 bits per heavy atom. The van der Waals surface area contributed by atoms with Crippen molar-refractivity contribution < 1.29 is 13.2 Å². The first kappa shape index (κ1) is 19.6. The zero-order chi connectivity index (χ0) is 19.4. The lowest BCUT2D eigenvalue weighted by Crippen LogP contribution is -2.18. The van der Waals surface area contributed by atoms with Crippen LogP contribution in [0.2, 0.25) is 0 Å². The summed E-state index contributed by atoms with van der Waals surface area (Å²) in [5, 5.41) is 4.18. The fourth-order valence-corrected chi connectivity index (χ4v) is 4.75. The predicted molar refractivity (Wildman–Crippen MR) is 110 cm³/mol. The van der Waals surface area contributed by atoms with Gasteiger partial charge in [-0.1, -0.05) is 18.6 Å². The van der Waals surface area contributed by atoms with Gasteiger partial charge in [0, 0.05) is 10.6 Å². The molecule has 0 radical (unpaired) electrons. The molecule has 1 amide bonds. The molecule has 27 heavy (non-hydrogen) atoms. The number of sulfonamides is 1. The maximum absolute atomic E-state index is 12.4. The van der Waals surface area contributed by atoms with Crippen molar-refractivity contribution in [1.82, 2.24) is 5.43 Å². The highest BCUT2D eigenvalue weighted by Gasteiger charge is 2.16. The fourth-order valence-electron chi connectivity index (χ4n) is 3.06. The van der Waals surface area contributed by atoms with Crippen molar-refractivity contribution in [2.45, 2.75) is 39.0 Å². The lowest BCUT2D eigenvalue weighted by molar-refractivity contribution is 0.0959. The van der Waals surface area contributed by atoms with Crippen LogP contribution in [0.15, 0.2) is 35.4 Å². The largest absolute Gasteiger partial charge is 0.284 e. The number of fused-ring (bicyclic) bond motifs is 1. The number of rotatable bonds is 5. The van der Waals surface area contributed by atoms with Gasteiger partial charge in [0.1, 0.15) is 0 Å². The quantitative estimate of drug-likeness (QED) is 0.453. The molecule has 0 atom stereocenters. The Labute approximate surface area is 163 Å². The van der Waals surface area contributed by atoms with E-state index in [0.29, 0.717) is 16.3 Å². The first-order valence-corrected chi connectivity index (χ1v) is 11.6. The number of nitrogens with one attached hydrogen (secondary N) is 2. The van der Waals surface area contributed by atoms with Crippen LogP contribution in [0.5, 0.6) is 0 Å². The fraction of sp³-hybridized carbons (Fsp3) is 0.368. The summed E-state index contributed by atoms with van der Waals surface area (Å²) in [5.41, 5.74) is 5.68. The molecule has 2 N–H and O–H groups in total. The zero-order valence-corrected chi connectivity index (χ0v) is 17.0. The highest BCUT2D eigenvalue weighted by atomic mass is 32.2. The van der Waals surface area contributed by atoms with E-state index in [2.05, 4.69) is 15.2 Å². The zero-order valence-electron chi connectivity index (χ0n) is 15.4. The van der Waals surface area contributed by atoms with Crippen molar-refractivity contribution in [2.24, 2.45) is 5.10 Å². The molecule has 0 saturated heterocycles. The molecule has 1 aliphatic carbocycles. The summed E-state index contributed by atoms with van der Waals surface area (Å²) < 4.78 is 25.2. The van der Waals surface area contributed by atoms with Gasteiger partial charge in [-0.3, -0.25) is 9.52 Å². The topological polar surface area (TPSA) is 87.6 Å². The molecule has 1 heterocycles. The van der Waals surface area contributed by atoms with Crippen molar-refractivity contribution in [3.63, 3.8) is 0 Å². The lowest BCUT2D eigenvalue weighted by Gasteiger charge is -2.06. The maximum Gasteiger partial charge on any atom is 0.281 e. The Morgan fingerprint density at radius 3 is 2.70 bits per heavy atom. The molecule has 3 rings (SSSR count). The first-order valence-electron chi connectivity index (χ1n) is 8.86. The SMILES string of the molecule is C/C(=N\NC(=O)c1cc2c(s1)CCCCC2)c1cccc(NS(C)(=O)=O)c1. The van der Waals surface area contributed by atoms with Crippen molar-refractivity contribution in [1.29, 1.82) is 0 Å². The molecule has 0 unspecified atom stereocenters. The number of hydrazone groups is 1. The average Bonchev–Trinajstić information content (AvgIpc) is 2.89. The van der Waals surface area contributed by atoms with Crippen LogP contribution in [-0.2, 0) is 22.9 Å². The summed E-state index contributed by atoms with van der Waals surface area (Å²) in [6, 6.07) is 8.88. The summed E-state index contributed by atoms with van der Waals surface area (Å²) in [5.74, 6) is -0.210. The Kier molecular flexibility index (Phi) is 5.96. The van der Waals surface area contributed by atoms with Crippen molar-refractivity contribution in [3.8, 4) is 0 Å². The molecule has 6 nitrogen and oxygen atoms in total. The molecule has 0 spiro atoms. The van der Waals surface area contributed by atoms with Crippen LogP contribution < -0.4 is 10.1 Å². The van der Waals surface area contributed by atoms with Crippen molar-refractivity contribution in [2.75, 3.05) is 11.0 Å². The highest BCUT2D eigenvalue weighted by Crippen LogP contribution is 2.28. The van der Waals surface area contributed by atoms with E-state index in [-0.39, 0.29) is 5.91 Å². The Bertz CT molecular complexity index is 954. The van der Waals surface area contributed by atoms with Gasteiger partial charge >= 0.3 is 0 Å². The third-order valence-corrected chi connectivity index (χ3v) is 6.22. The van der Waals surface area contributed by atoms with E-state index in [9.17, 15) is 13.2 Å². The number of hydrogen-bond acceptors (Lipinski definition) is 5. The number of thiophene rings is 1. The summed E-state index contributed by atoms with van der Waals surface area (Å²) in [6.45, 7) is 1.77. The van der Waals surface area contributed by atoms with Crippen LogP contribution in [0.1, 0.15) is 51.9 Å². The smallest absolute Gasteiger partial charge is 0.281 e. The molecular formula is C19H23N3O3S2.